The molecule has 1 aromatic heterocycles. The minimum absolute atomic E-state index is 0.0366. The third-order valence-corrected chi connectivity index (χ3v) is 2.25. The Balaban J connectivity index is 2.39. The van der Waals surface area contributed by atoms with Crippen molar-refractivity contribution in [3.05, 3.63) is 35.9 Å². The summed E-state index contributed by atoms with van der Waals surface area (Å²) in [6.07, 6.45) is 0. The summed E-state index contributed by atoms with van der Waals surface area (Å²) in [5, 5.41) is 8.75. The smallest absolute Gasteiger partial charge is 0.238 e. The van der Waals surface area contributed by atoms with Gasteiger partial charge in [0.2, 0.25) is 17.7 Å². The topological polar surface area (TPSA) is 91.7 Å². The number of aromatic nitrogens is 3. The summed E-state index contributed by atoms with van der Waals surface area (Å²) in [6, 6.07) is 7.58. The van der Waals surface area contributed by atoms with Gasteiger partial charge in [0, 0.05) is 12.7 Å². The summed E-state index contributed by atoms with van der Waals surface area (Å²) in [7, 11) is 1.68. The Bertz CT molecular complexity index is 604. The van der Waals surface area contributed by atoms with Gasteiger partial charge >= 0.3 is 0 Å². The van der Waals surface area contributed by atoms with E-state index >= 15 is 0 Å². The summed E-state index contributed by atoms with van der Waals surface area (Å²) in [6.45, 7) is 0. The zero-order valence-electron chi connectivity index (χ0n) is 9.50. The van der Waals surface area contributed by atoms with E-state index < -0.39 is 0 Å². The SMILES string of the molecule is CN(c1ccc(F)cc1)c1nc(N)nc(C#N)n1. The predicted molar refractivity (Wildman–Crippen MR) is 63.4 cm³/mol. The quantitative estimate of drug-likeness (QED) is 0.854. The van der Waals surface area contributed by atoms with Crippen molar-refractivity contribution in [2.45, 2.75) is 0 Å². The Kier molecular flexibility index (Phi) is 3.02. The maximum atomic E-state index is 12.8. The zero-order chi connectivity index (χ0) is 13.1. The van der Waals surface area contributed by atoms with Crippen LogP contribution in [0.25, 0.3) is 0 Å². The van der Waals surface area contributed by atoms with E-state index in [1.165, 1.54) is 12.1 Å². The van der Waals surface area contributed by atoms with Crippen LogP contribution in [0.15, 0.2) is 24.3 Å². The van der Waals surface area contributed by atoms with Gasteiger partial charge in [-0.1, -0.05) is 0 Å². The van der Waals surface area contributed by atoms with Gasteiger partial charge in [-0.3, -0.25) is 0 Å². The second-order valence-corrected chi connectivity index (χ2v) is 3.46. The Morgan fingerprint density at radius 1 is 1.22 bits per heavy atom. The van der Waals surface area contributed by atoms with Crippen LogP contribution in [0, 0.1) is 17.1 Å². The van der Waals surface area contributed by atoms with Gasteiger partial charge in [0.25, 0.3) is 0 Å². The molecule has 0 saturated carbocycles. The van der Waals surface area contributed by atoms with Crippen LogP contribution in [0.3, 0.4) is 0 Å². The molecule has 0 saturated heterocycles. The van der Waals surface area contributed by atoms with Crippen molar-refractivity contribution in [1.29, 1.82) is 5.26 Å². The van der Waals surface area contributed by atoms with Crippen molar-refractivity contribution < 1.29 is 4.39 Å². The maximum Gasteiger partial charge on any atom is 0.238 e. The van der Waals surface area contributed by atoms with Crippen molar-refractivity contribution in [1.82, 2.24) is 15.0 Å². The Morgan fingerprint density at radius 2 is 1.89 bits per heavy atom. The fraction of sp³-hybridized carbons (Fsp3) is 0.0909. The van der Waals surface area contributed by atoms with Crippen LogP contribution in [0.2, 0.25) is 0 Å². The number of nitrogens with two attached hydrogens (primary N) is 1. The van der Waals surface area contributed by atoms with Crippen LogP contribution in [0.4, 0.5) is 22.0 Å². The Morgan fingerprint density at radius 3 is 2.50 bits per heavy atom. The van der Waals surface area contributed by atoms with Crippen LogP contribution in [0.1, 0.15) is 5.82 Å². The first-order valence-electron chi connectivity index (χ1n) is 5.01. The normalized spacial score (nSPS) is 9.83. The number of benzene rings is 1. The Hall–Kier alpha value is -2.75. The maximum absolute atomic E-state index is 12.8. The lowest BCUT2D eigenvalue weighted by Gasteiger charge is -2.16. The van der Waals surface area contributed by atoms with Gasteiger partial charge in [0.05, 0.1) is 0 Å². The molecule has 0 fully saturated rings. The number of hydrogen-bond acceptors (Lipinski definition) is 6. The van der Waals surface area contributed by atoms with Gasteiger partial charge in [0.1, 0.15) is 11.9 Å². The molecule has 0 unspecified atom stereocenters. The summed E-state index contributed by atoms with van der Waals surface area (Å²) in [4.78, 5) is 13.1. The average molecular weight is 244 g/mol. The number of nitriles is 1. The number of rotatable bonds is 2. The highest BCUT2D eigenvalue weighted by atomic mass is 19.1. The molecule has 1 heterocycles. The van der Waals surface area contributed by atoms with Crippen LogP contribution >= 0.6 is 0 Å². The van der Waals surface area contributed by atoms with Crippen molar-refractivity contribution in [2.75, 3.05) is 17.7 Å². The fourth-order valence-electron chi connectivity index (χ4n) is 1.36. The highest BCUT2D eigenvalue weighted by Crippen LogP contribution is 2.20. The molecule has 0 atom stereocenters. The Labute approximate surface area is 103 Å². The molecule has 6 nitrogen and oxygen atoms in total. The molecule has 0 bridgehead atoms. The van der Waals surface area contributed by atoms with Gasteiger partial charge in [-0.05, 0) is 24.3 Å². The summed E-state index contributed by atoms with van der Waals surface area (Å²) >= 11 is 0. The molecule has 2 N–H and O–H groups in total. The minimum atomic E-state index is -0.333. The molecule has 0 aliphatic heterocycles. The van der Waals surface area contributed by atoms with E-state index in [2.05, 4.69) is 15.0 Å². The first-order chi connectivity index (χ1) is 8.60. The van der Waals surface area contributed by atoms with Gasteiger partial charge in [-0.2, -0.15) is 20.2 Å². The van der Waals surface area contributed by atoms with Crippen molar-refractivity contribution in [3.8, 4) is 6.07 Å². The predicted octanol–water partition coefficient (Wildman–Crippen LogP) is 1.23. The minimum Gasteiger partial charge on any atom is -0.368 e. The van der Waals surface area contributed by atoms with E-state index in [-0.39, 0.29) is 23.5 Å². The number of nitrogens with zero attached hydrogens (tertiary/aromatic N) is 5. The lowest BCUT2D eigenvalue weighted by molar-refractivity contribution is 0.628. The number of anilines is 3. The second-order valence-electron chi connectivity index (χ2n) is 3.46. The third-order valence-electron chi connectivity index (χ3n) is 2.25. The van der Waals surface area contributed by atoms with Crippen LogP contribution in [0.5, 0.6) is 0 Å². The van der Waals surface area contributed by atoms with Crippen LogP contribution in [-0.2, 0) is 0 Å². The first kappa shape index (κ1) is 11.7. The molecule has 0 amide bonds. The third kappa shape index (κ3) is 2.32. The molecule has 18 heavy (non-hydrogen) atoms. The molecule has 7 heteroatoms. The van der Waals surface area contributed by atoms with Gasteiger partial charge in [-0.25, -0.2) is 4.39 Å². The molecule has 90 valence electrons. The van der Waals surface area contributed by atoms with E-state index in [1.807, 2.05) is 0 Å². The highest BCUT2D eigenvalue weighted by Gasteiger charge is 2.10. The van der Waals surface area contributed by atoms with E-state index in [1.54, 1.807) is 30.1 Å². The fourth-order valence-corrected chi connectivity index (χ4v) is 1.36. The van der Waals surface area contributed by atoms with Crippen molar-refractivity contribution in [2.24, 2.45) is 0 Å². The van der Waals surface area contributed by atoms with Gasteiger partial charge in [0.15, 0.2) is 0 Å². The van der Waals surface area contributed by atoms with Gasteiger partial charge in [-0.15, -0.1) is 0 Å². The van der Waals surface area contributed by atoms with Crippen molar-refractivity contribution >= 4 is 17.6 Å². The zero-order valence-corrected chi connectivity index (χ0v) is 9.50. The molecule has 0 aliphatic carbocycles. The average Bonchev–Trinajstić information content (AvgIpc) is 2.38. The summed E-state index contributed by atoms with van der Waals surface area (Å²) < 4.78 is 12.8. The second kappa shape index (κ2) is 4.63. The van der Waals surface area contributed by atoms with E-state index in [4.69, 9.17) is 11.0 Å². The largest absolute Gasteiger partial charge is 0.368 e. The highest BCUT2D eigenvalue weighted by molar-refractivity contribution is 5.56. The lowest BCUT2D eigenvalue weighted by atomic mass is 10.3. The van der Waals surface area contributed by atoms with E-state index in [0.29, 0.717) is 5.69 Å². The molecule has 1 aromatic carbocycles. The molecule has 0 radical (unpaired) electrons. The number of halogens is 1. The number of nitrogen functional groups attached to an aromatic ring is 1. The molecule has 2 aromatic rings. The summed E-state index contributed by atoms with van der Waals surface area (Å²) in [5.74, 6) is -0.206. The standard InChI is InChI=1S/C11H9FN6/c1-18(8-4-2-7(12)3-5-8)11-16-9(6-13)15-10(14)17-11/h2-5H,1H3,(H2,14,15,16,17). The molecular formula is C11H9FN6. The monoisotopic (exact) mass is 244 g/mol. The molecule has 2 rings (SSSR count). The van der Waals surface area contributed by atoms with E-state index in [9.17, 15) is 4.39 Å². The van der Waals surface area contributed by atoms with Crippen molar-refractivity contribution in [3.63, 3.8) is 0 Å². The number of hydrogen-bond donors (Lipinski definition) is 1. The molecular weight excluding hydrogens is 235 g/mol. The first-order valence-corrected chi connectivity index (χ1v) is 5.01. The van der Waals surface area contributed by atoms with Crippen LogP contribution < -0.4 is 10.6 Å². The van der Waals surface area contributed by atoms with E-state index in [0.717, 1.165) is 0 Å². The van der Waals surface area contributed by atoms with Gasteiger partial charge < -0.3 is 10.6 Å². The van der Waals surface area contributed by atoms with Crippen LogP contribution in [-0.4, -0.2) is 22.0 Å². The lowest BCUT2D eigenvalue weighted by Crippen LogP contribution is -2.15. The molecule has 0 spiro atoms. The summed E-state index contributed by atoms with van der Waals surface area (Å²) in [5.41, 5.74) is 6.15. The molecule has 0 aliphatic rings.